The zero-order chi connectivity index (χ0) is 28.4. The molecule has 1 fully saturated rings. The van der Waals surface area contributed by atoms with E-state index in [9.17, 15) is 27.2 Å². The van der Waals surface area contributed by atoms with Gasteiger partial charge in [0.15, 0.2) is 24.4 Å². The van der Waals surface area contributed by atoms with E-state index in [-0.39, 0.29) is 47.4 Å². The highest BCUT2D eigenvalue weighted by molar-refractivity contribution is 5.78. The fourth-order valence-electron chi connectivity index (χ4n) is 4.01. The first-order valence-electron chi connectivity index (χ1n) is 11.7. The molecule has 2 aromatic carbocycles. The Morgan fingerprint density at radius 1 is 1.12 bits per heavy atom. The van der Waals surface area contributed by atoms with E-state index < -0.39 is 48.2 Å². The molecule has 0 bridgehead atoms. The summed E-state index contributed by atoms with van der Waals surface area (Å²) in [6, 6.07) is 8.28. The highest BCUT2D eigenvalue weighted by Gasteiger charge is 2.36. The summed E-state index contributed by atoms with van der Waals surface area (Å²) in [6.45, 7) is -0.593. The quantitative estimate of drug-likeness (QED) is 0.235. The van der Waals surface area contributed by atoms with Crippen LogP contribution >= 0.6 is 0 Å². The number of hydrogen-bond donors (Lipinski definition) is 1. The van der Waals surface area contributed by atoms with E-state index in [2.05, 4.69) is 19.7 Å². The van der Waals surface area contributed by atoms with Gasteiger partial charge in [0.05, 0.1) is 11.8 Å². The lowest BCUT2D eigenvalue weighted by Gasteiger charge is -2.23. The summed E-state index contributed by atoms with van der Waals surface area (Å²) in [5.41, 5.74) is -1.27. The molecule has 1 aliphatic heterocycles. The first-order valence-corrected chi connectivity index (χ1v) is 11.7. The molecule has 11 nitrogen and oxygen atoms in total. The highest BCUT2D eigenvalue weighted by Crippen LogP contribution is 2.39. The number of rotatable bonds is 7. The molecule has 5 rings (SSSR count). The zero-order valence-electron chi connectivity index (χ0n) is 20.2. The number of carbonyl (C=O) groups excluding carboxylic acids is 1. The Bertz CT molecular complexity index is 1580. The first-order chi connectivity index (χ1) is 19.1. The van der Waals surface area contributed by atoms with Gasteiger partial charge in [0.25, 0.3) is 11.6 Å². The van der Waals surface area contributed by atoms with Gasteiger partial charge in [-0.15, -0.1) is 0 Å². The number of carbonyl (C=O) groups is 2. The Hall–Kier alpha value is -4.95. The minimum atomic E-state index is -4.87. The number of para-hydroxylation sites is 1. The van der Waals surface area contributed by atoms with Crippen molar-refractivity contribution in [1.82, 2.24) is 19.9 Å². The van der Waals surface area contributed by atoms with Crippen molar-refractivity contribution in [3.63, 3.8) is 0 Å². The molecule has 15 heteroatoms. The monoisotopic (exact) mass is 562 g/mol. The third-order valence-electron chi connectivity index (χ3n) is 5.80. The fraction of sp³-hybridized carbons (Fsp3) is 0.240. The first kappa shape index (κ1) is 26.6. The molecule has 0 saturated carbocycles. The van der Waals surface area contributed by atoms with Crippen LogP contribution in [-0.2, 0) is 15.7 Å². The number of hydrogen-bond acceptors (Lipinski definition) is 9. The molecule has 1 saturated heterocycles. The number of amides is 1. The van der Waals surface area contributed by atoms with Gasteiger partial charge in [0.2, 0.25) is 5.89 Å². The van der Waals surface area contributed by atoms with Gasteiger partial charge >= 0.3 is 18.3 Å². The van der Waals surface area contributed by atoms with Crippen molar-refractivity contribution in [2.45, 2.75) is 25.2 Å². The lowest BCUT2D eigenvalue weighted by atomic mass is 10.1. The van der Waals surface area contributed by atoms with Gasteiger partial charge in [-0.1, -0.05) is 12.1 Å². The van der Waals surface area contributed by atoms with E-state index in [1.54, 1.807) is 6.07 Å². The topological polar surface area (TPSA) is 137 Å². The smallest absolute Gasteiger partial charge is 0.483 e. The van der Waals surface area contributed by atoms with Crippen LogP contribution in [0.3, 0.4) is 0 Å². The molecular formula is C25H18F4N4O7. The molecule has 0 unspecified atom stereocenters. The Morgan fingerprint density at radius 3 is 2.67 bits per heavy atom. The Morgan fingerprint density at radius 2 is 1.93 bits per heavy atom. The molecule has 2 aromatic heterocycles. The number of oxazole rings is 1. The van der Waals surface area contributed by atoms with Gasteiger partial charge in [0, 0.05) is 18.5 Å². The Balaban J connectivity index is 1.36. The molecule has 3 heterocycles. The van der Waals surface area contributed by atoms with Crippen LogP contribution in [0, 0.1) is 5.82 Å². The summed E-state index contributed by atoms with van der Waals surface area (Å²) in [7, 11) is 0. The number of carboxylic acid groups (broad SMARTS) is 1. The highest BCUT2D eigenvalue weighted by atomic mass is 19.4. The van der Waals surface area contributed by atoms with Gasteiger partial charge in [0.1, 0.15) is 11.3 Å². The molecule has 0 radical (unpaired) electrons. The average molecular weight is 562 g/mol. The minimum Gasteiger partial charge on any atom is -0.483 e. The van der Waals surface area contributed by atoms with E-state index in [1.807, 2.05) is 0 Å². The van der Waals surface area contributed by atoms with Crippen LogP contribution in [0.25, 0.3) is 22.7 Å². The van der Waals surface area contributed by atoms with E-state index in [4.69, 9.17) is 19.0 Å². The van der Waals surface area contributed by atoms with Crippen LogP contribution in [0.15, 0.2) is 53.1 Å². The summed E-state index contributed by atoms with van der Waals surface area (Å²) < 4.78 is 76.2. The predicted molar refractivity (Wildman–Crippen MR) is 126 cm³/mol. The van der Waals surface area contributed by atoms with Crippen LogP contribution in [0.2, 0.25) is 0 Å². The van der Waals surface area contributed by atoms with E-state index >= 15 is 0 Å². The van der Waals surface area contributed by atoms with Crippen molar-refractivity contribution < 1.29 is 50.9 Å². The number of alkyl halides is 3. The molecule has 1 aliphatic rings. The molecular weight excluding hydrogens is 544 g/mol. The maximum absolute atomic E-state index is 13.9. The molecule has 1 N–H and O–H groups in total. The molecule has 0 aliphatic carbocycles. The summed E-state index contributed by atoms with van der Waals surface area (Å²) in [5, 5.41) is 8.80. The summed E-state index contributed by atoms with van der Waals surface area (Å²) >= 11 is 0. The Kier molecular flexibility index (Phi) is 7.11. The summed E-state index contributed by atoms with van der Waals surface area (Å²) in [6.07, 6.45) is -5.52. The van der Waals surface area contributed by atoms with E-state index in [1.165, 1.54) is 30.5 Å². The van der Waals surface area contributed by atoms with E-state index in [0.717, 1.165) is 17.0 Å². The average Bonchev–Trinajstić information content (AvgIpc) is 3.54. The molecule has 0 spiro atoms. The third-order valence-corrected chi connectivity index (χ3v) is 5.80. The normalized spacial score (nSPS) is 15.3. The SMILES string of the molecule is O=C(O)O[C@H]1CCCN1C(=O)COc1ccc(-c2nc3cnc(Oc4ccccc4F)nc3o2)cc1C(F)(F)F. The second-order valence-electron chi connectivity index (χ2n) is 8.46. The molecule has 40 heavy (non-hydrogen) atoms. The largest absolute Gasteiger partial charge is 0.507 e. The molecule has 4 aromatic rings. The van der Waals surface area contributed by atoms with Gasteiger partial charge in [-0.05, 0) is 36.8 Å². The maximum Gasteiger partial charge on any atom is 0.507 e. The minimum absolute atomic E-state index is 0.0740. The standard InChI is InChI=1S/C25H18F4N4O7/c26-15-4-1-2-5-18(15)38-23-30-11-16-22(32-23)40-21(31-16)13-7-8-17(14(10-13)25(27,28)29)37-12-19(34)33-9-3-6-20(33)39-24(35)36/h1-2,4-5,7-8,10-11,20H,3,6,9,12H2,(H,35,36)/t20-/m0/s1. The van der Waals surface area contributed by atoms with Crippen LogP contribution in [0.5, 0.6) is 17.5 Å². The van der Waals surface area contributed by atoms with Gasteiger partial charge in [-0.3, -0.25) is 4.79 Å². The van der Waals surface area contributed by atoms with Crippen LogP contribution < -0.4 is 9.47 Å². The van der Waals surface area contributed by atoms with Crippen LogP contribution in [0.1, 0.15) is 18.4 Å². The number of aromatic nitrogens is 3. The number of ether oxygens (including phenoxy) is 3. The molecule has 1 amide bonds. The lowest BCUT2D eigenvalue weighted by molar-refractivity contribution is -0.144. The third kappa shape index (κ3) is 5.72. The van der Waals surface area contributed by atoms with Gasteiger partial charge in [-0.25, -0.2) is 19.2 Å². The van der Waals surface area contributed by atoms with Crippen molar-refractivity contribution in [2.75, 3.05) is 13.2 Å². The van der Waals surface area contributed by atoms with Gasteiger partial charge in [-0.2, -0.15) is 18.2 Å². The number of fused-ring (bicyclic) bond motifs is 1. The number of benzene rings is 2. The maximum atomic E-state index is 13.9. The van der Waals surface area contributed by atoms with Crippen molar-refractivity contribution >= 4 is 23.3 Å². The molecule has 1 atom stereocenters. The predicted octanol–water partition coefficient (Wildman–Crippen LogP) is 5.26. The second kappa shape index (κ2) is 10.7. The number of nitrogens with zero attached hydrogens (tertiary/aromatic N) is 4. The van der Waals surface area contributed by atoms with Crippen molar-refractivity contribution in [3.05, 3.63) is 60.0 Å². The Labute approximate surface area is 221 Å². The summed E-state index contributed by atoms with van der Waals surface area (Å²) in [5.74, 6) is -2.36. The summed E-state index contributed by atoms with van der Waals surface area (Å²) in [4.78, 5) is 36.4. The fourth-order valence-corrected chi connectivity index (χ4v) is 4.01. The zero-order valence-corrected chi connectivity index (χ0v) is 20.2. The number of halogens is 4. The van der Waals surface area contributed by atoms with Crippen LogP contribution in [-0.4, -0.2) is 56.4 Å². The lowest BCUT2D eigenvalue weighted by Crippen LogP contribution is -2.40. The van der Waals surface area contributed by atoms with Crippen molar-refractivity contribution in [3.8, 4) is 29.0 Å². The number of likely N-dealkylation sites (tertiary alicyclic amines) is 1. The second-order valence-corrected chi connectivity index (χ2v) is 8.46. The van der Waals surface area contributed by atoms with E-state index in [0.29, 0.717) is 6.42 Å². The van der Waals surface area contributed by atoms with Crippen molar-refractivity contribution in [1.29, 1.82) is 0 Å². The van der Waals surface area contributed by atoms with Crippen LogP contribution in [0.4, 0.5) is 22.4 Å². The van der Waals surface area contributed by atoms with Crippen molar-refractivity contribution in [2.24, 2.45) is 0 Å². The van der Waals surface area contributed by atoms with Gasteiger partial charge < -0.3 is 28.6 Å². The molecule has 208 valence electrons.